The molecule has 1 aromatic heterocycles. The smallest absolute Gasteiger partial charge is 0.248 e. The summed E-state index contributed by atoms with van der Waals surface area (Å²) in [7, 11) is 1.99. The third-order valence-electron chi connectivity index (χ3n) is 5.64. The Morgan fingerprint density at radius 2 is 1.97 bits per heavy atom. The average Bonchev–Trinajstić information content (AvgIpc) is 3.15. The lowest BCUT2D eigenvalue weighted by Gasteiger charge is -2.27. The molecule has 1 aromatic carbocycles. The molecule has 0 aliphatic carbocycles. The highest BCUT2D eigenvalue weighted by atomic mass is 16.1. The molecule has 9 nitrogen and oxygen atoms in total. The largest absolute Gasteiger partial charge is 0.366 e. The van der Waals surface area contributed by atoms with Crippen molar-refractivity contribution in [3.63, 3.8) is 0 Å². The zero-order valence-electron chi connectivity index (χ0n) is 20.7. The Balaban J connectivity index is 1.89. The number of benzene rings is 1. The number of aromatic nitrogens is 3. The lowest BCUT2D eigenvalue weighted by Crippen LogP contribution is -2.31. The fourth-order valence-corrected chi connectivity index (χ4v) is 4.15. The Hall–Kier alpha value is -2.94. The number of aryl methyl sites for hydroxylation is 1. The number of hydrogen-bond acceptors (Lipinski definition) is 8. The zero-order valence-corrected chi connectivity index (χ0v) is 20.7. The van der Waals surface area contributed by atoms with E-state index in [2.05, 4.69) is 53.6 Å². The third kappa shape index (κ3) is 7.02. The third-order valence-corrected chi connectivity index (χ3v) is 5.64. The quantitative estimate of drug-likeness (QED) is 0.455. The Morgan fingerprint density at radius 3 is 2.64 bits per heavy atom. The summed E-state index contributed by atoms with van der Waals surface area (Å²) >= 11 is 0. The summed E-state index contributed by atoms with van der Waals surface area (Å²) in [6, 6.07) is 6.08. The minimum absolute atomic E-state index is 0.0811. The molecule has 180 valence electrons. The van der Waals surface area contributed by atoms with Crippen LogP contribution in [0.1, 0.15) is 62.9 Å². The van der Waals surface area contributed by atoms with Crippen LogP contribution in [0.15, 0.2) is 18.2 Å². The summed E-state index contributed by atoms with van der Waals surface area (Å²) in [6.45, 7) is 12.4. The molecule has 1 aliphatic heterocycles. The van der Waals surface area contributed by atoms with E-state index in [-0.39, 0.29) is 11.5 Å². The van der Waals surface area contributed by atoms with Crippen LogP contribution in [-0.2, 0) is 0 Å². The maximum absolute atomic E-state index is 11.6. The van der Waals surface area contributed by atoms with Gasteiger partial charge >= 0.3 is 0 Å². The second-order valence-corrected chi connectivity index (χ2v) is 10.2. The van der Waals surface area contributed by atoms with Crippen molar-refractivity contribution in [2.75, 3.05) is 35.7 Å². The molecule has 3 rings (SSSR count). The molecule has 0 unspecified atom stereocenters. The number of nitrogens with one attached hydrogen (secondary N) is 3. The molecule has 1 fully saturated rings. The van der Waals surface area contributed by atoms with Crippen LogP contribution < -0.4 is 26.6 Å². The molecule has 0 saturated carbocycles. The van der Waals surface area contributed by atoms with Gasteiger partial charge in [0.1, 0.15) is 0 Å². The topological polar surface area (TPSA) is 121 Å². The zero-order chi connectivity index (χ0) is 24.2. The van der Waals surface area contributed by atoms with Crippen molar-refractivity contribution >= 4 is 29.4 Å². The Labute approximate surface area is 197 Å². The molecule has 0 spiro atoms. The van der Waals surface area contributed by atoms with Crippen LogP contribution in [0, 0.1) is 12.3 Å². The second kappa shape index (κ2) is 10.3. The fourth-order valence-electron chi connectivity index (χ4n) is 4.15. The number of anilines is 4. The SMILES string of the molecule is CCC[C@@H]1C[C@@H](Nc2nc(Nc3cc(C(N)=O)ccc3C)nc(N(C)CC(C)(C)C)n2)CN1. The summed E-state index contributed by atoms with van der Waals surface area (Å²) in [5, 5.41) is 10.3. The number of amides is 1. The minimum Gasteiger partial charge on any atom is -0.366 e. The van der Waals surface area contributed by atoms with E-state index in [1.165, 1.54) is 0 Å². The van der Waals surface area contributed by atoms with Gasteiger partial charge < -0.3 is 26.6 Å². The van der Waals surface area contributed by atoms with Crippen molar-refractivity contribution in [2.45, 2.75) is 66.0 Å². The molecule has 2 heterocycles. The highest BCUT2D eigenvalue weighted by Gasteiger charge is 2.25. The van der Waals surface area contributed by atoms with E-state index in [1.807, 2.05) is 24.9 Å². The van der Waals surface area contributed by atoms with Gasteiger partial charge in [0.15, 0.2) is 0 Å². The first kappa shape index (κ1) is 24.7. The summed E-state index contributed by atoms with van der Waals surface area (Å²) in [5.74, 6) is 1.07. The van der Waals surface area contributed by atoms with Crippen molar-refractivity contribution in [2.24, 2.45) is 11.1 Å². The van der Waals surface area contributed by atoms with Crippen LogP contribution in [0.2, 0.25) is 0 Å². The van der Waals surface area contributed by atoms with E-state index in [0.29, 0.717) is 29.5 Å². The Bertz CT molecular complexity index is 971. The van der Waals surface area contributed by atoms with Crippen molar-refractivity contribution in [1.82, 2.24) is 20.3 Å². The number of primary amides is 1. The first-order valence-electron chi connectivity index (χ1n) is 11.7. The van der Waals surface area contributed by atoms with Crippen LogP contribution in [0.5, 0.6) is 0 Å². The maximum atomic E-state index is 11.6. The molecule has 0 bridgehead atoms. The number of carbonyl (C=O) groups is 1. The predicted molar refractivity (Wildman–Crippen MR) is 134 cm³/mol. The highest BCUT2D eigenvalue weighted by Crippen LogP contribution is 2.24. The van der Waals surface area contributed by atoms with Crippen molar-refractivity contribution in [1.29, 1.82) is 0 Å². The van der Waals surface area contributed by atoms with Gasteiger partial charge in [-0.05, 0) is 42.9 Å². The standard InChI is InChI=1S/C24H38N8O/c1-7-8-17-12-18(13-26-17)27-21-29-22(31-23(30-21)32(6)14-24(3,4)5)28-19-11-16(20(25)33)10-9-15(19)2/h9-11,17-18,26H,7-8,12-14H2,1-6H3,(H2,25,33)(H2,27,28,29,30,31)/t17-,18-/m1/s1. The van der Waals surface area contributed by atoms with E-state index < -0.39 is 5.91 Å². The molecular weight excluding hydrogens is 416 g/mol. The number of hydrogen-bond donors (Lipinski definition) is 4. The van der Waals surface area contributed by atoms with Gasteiger partial charge in [-0.25, -0.2) is 0 Å². The molecular formula is C24H38N8O. The highest BCUT2D eigenvalue weighted by molar-refractivity contribution is 5.94. The van der Waals surface area contributed by atoms with Gasteiger partial charge in [-0.1, -0.05) is 40.2 Å². The van der Waals surface area contributed by atoms with Crippen molar-refractivity contribution < 1.29 is 4.79 Å². The molecule has 2 atom stereocenters. The van der Waals surface area contributed by atoms with E-state index >= 15 is 0 Å². The van der Waals surface area contributed by atoms with E-state index in [0.717, 1.165) is 43.6 Å². The van der Waals surface area contributed by atoms with Crippen molar-refractivity contribution in [3.05, 3.63) is 29.3 Å². The van der Waals surface area contributed by atoms with Gasteiger partial charge in [0.25, 0.3) is 0 Å². The Morgan fingerprint density at radius 1 is 1.24 bits per heavy atom. The monoisotopic (exact) mass is 454 g/mol. The van der Waals surface area contributed by atoms with Crippen LogP contribution >= 0.6 is 0 Å². The number of nitrogens with zero attached hydrogens (tertiary/aromatic N) is 4. The molecule has 2 aromatic rings. The molecule has 0 radical (unpaired) electrons. The van der Waals surface area contributed by atoms with Gasteiger partial charge in [-0.3, -0.25) is 4.79 Å². The fraction of sp³-hybridized carbons (Fsp3) is 0.583. The van der Waals surface area contributed by atoms with Crippen LogP contribution in [0.25, 0.3) is 0 Å². The summed E-state index contributed by atoms with van der Waals surface area (Å²) in [5.41, 5.74) is 7.67. The van der Waals surface area contributed by atoms with Gasteiger partial charge in [0, 0.05) is 43.5 Å². The second-order valence-electron chi connectivity index (χ2n) is 10.2. The Kier molecular flexibility index (Phi) is 7.73. The van der Waals surface area contributed by atoms with Gasteiger partial charge in [-0.2, -0.15) is 15.0 Å². The minimum atomic E-state index is -0.475. The normalized spacial score (nSPS) is 18.2. The molecule has 9 heteroatoms. The average molecular weight is 455 g/mol. The molecule has 1 aliphatic rings. The summed E-state index contributed by atoms with van der Waals surface area (Å²) in [6.07, 6.45) is 3.36. The molecule has 1 saturated heterocycles. The van der Waals surface area contributed by atoms with Crippen LogP contribution in [0.3, 0.4) is 0 Å². The van der Waals surface area contributed by atoms with E-state index in [9.17, 15) is 4.79 Å². The molecule has 5 N–H and O–H groups in total. The van der Waals surface area contributed by atoms with Gasteiger partial charge in [0.2, 0.25) is 23.8 Å². The van der Waals surface area contributed by atoms with E-state index in [1.54, 1.807) is 12.1 Å². The summed E-state index contributed by atoms with van der Waals surface area (Å²) < 4.78 is 0. The van der Waals surface area contributed by atoms with Crippen molar-refractivity contribution in [3.8, 4) is 0 Å². The number of nitrogens with two attached hydrogens (primary N) is 1. The van der Waals surface area contributed by atoms with Gasteiger partial charge in [-0.15, -0.1) is 0 Å². The lowest BCUT2D eigenvalue weighted by molar-refractivity contribution is 0.100. The van der Waals surface area contributed by atoms with Gasteiger partial charge in [0.05, 0.1) is 0 Å². The predicted octanol–water partition coefficient (Wildman–Crippen LogP) is 3.45. The number of rotatable bonds is 9. The van der Waals surface area contributed by atoms with Crippen LogP contribution in [0.4, 0.5) is 23.5 Å². The number of carbonyl (C=O) groups excluding carboxylic acids is 1. The summed E-state index contributed by atoms with van der Waals surface area (Å²) in [4.78, 5) is 27.7. The first-order valence-corrected chi connectivity index (χ1v) is 11.7. The maximum Gasteiger partial charge on any atom is 0.248 e. The van der Waals surface area contributed by atoms with E-state index in [4.69, 9.17) is 10.7 Å². The lowest BCUT2D eigenvalue weighted by atomic mass is 9.96. The first-order chi connectivity index (χ1) is 15.5. The molecule has 33 heavy (non-hydrogen) atoms. The van der Waals surface area contributed by atoms with Crippen LogP contribution in [-0.4, -0.2) is 53.1 Å². The molecule has 1 amide bonds.